The first-order valence-corrected chi connectivity index (χ1v) is 7.11. The number of carboxylic acid groups (broad SMARTS) is 1. The highest BCUT2D eigenvalue weighted by Crippen LogP contribution is 2.22. The maximum Gasteiger partial charge on any atom is 0.326 e. The number of carboxylic acids is 1. The van der Waals surface area contributed by atoms with Crippen molar-refractivity contribution in [3.63, 3.8) is 0 Å². The van der Waals surface area contributed by atoms with Crippen molar-refractivity contribution < 1.29 is 19.4 Å². The second-order valence-electron chi connectivity index (χ2n) is 4.18. The second-order valence-corrected chi connectivity index (χ2v) is 5.98. The van der Waals surface area contributed by atoms with Crippen LogP contribution in [-0.2, 0) is 16.1 Å². The Hall–Kier alpha value is -1.31. The summed E-state index contributed by atoms with van der Waals surface area (Å²) < 4.78 is 5.47. The Bertz CT molecular complexity index is 466. The molecule has 0 spiro atoms. The van der Waals surface area contributed by atoms with Crippen LogP contribution in [0.2, 0.25) is 4.34 Å². The van der Waals surface area contributed by atoms with Gasteiger partial charge in [0.1, 0.15) is 6.04 Å². The van der Waals surface area contributed by atoms with Gasteiger partial charge in [0.05, 0.1) is 10.9 Å². The summed E-state index contributed by atoms with van der Waals surface area (Å²) in [5.41, 5.74) is 0. The van der Waals surface area contributed by atoms with Gasteiger partial charge in [-0.1, -0.05) is 11.6 Å². The third-order valence-corrected chi connectivity index (χ3v) is 3.79. The third-order valence-electron chi connectivity index (χ3n) is 2.58. The van der Waals surface area contributed by atoms with Crippen molar-refractivity contribution in [2.24, 2.45) is 0 Å². The fraction of sp³-hybridized carbons (Fsp3) is 0.500. The smallest absolute Gasteiger partial charge is 0.326 e. The van der Waals surface area contributed by atoms with Crippen molar-refractivity contribution in [2.75, 3.05) is 20.8 Å². The molecule has 0 radical (unpaired) electrons. The van der Waals surface area contributed by atoms with E-state index in [9.17, 15) is 9.59 Å². The number of methoxy groups -OCH3 is 1. The average Bonchev–Trinajstić information content (AvgIpc) is 2.79. The van der Waals surface area contributed by atoms with Gasteiger partial charge >= 0.3 is 12.0 Å². The van der Waals surface area contributed by atoms with E-state index >= 15 is 0 Å². The molecule has 0 saturated carbocycles. The first-order valence-electron chi connectivity index (χ1n) is 5.91. The van der Waals surface area contributed by atoms with Crippen LogP contribution in [0.5, 0.6) is 0 Å². The zero-order valence-corrected chi connectivity index (χ0v) is 12.8. The van der Waals surface area contributed by atoms with E-state index in [0.717, 1.165) is 4.88 Å². The van der Waals surface area contributed by atoms with Gasteiger partial charge in [-0.05, 0) is 12.1 Å². The molecule has 0 saturated heterocycles. The fourth-order valence-corrected chi connectivity index (χ4v) is 2.64. The number of urea groups is 1. The van der Waals surface area contributed by atoms with Crippen molar-refractivity contribution in [1.82, 2.24) is 10.2 Å². The van der Waals surface area contributed by atoms with E-state index < -0.39 is 18.0 Å². The highest BCUT2D eigenvalue weighted by Gasteiger charge is 2.21. The van der Waals surface area contributed by atoms with Crippen molar-refractivity contribution in [3.8, 4) is 0 Å². The number of carbonyl (C=O) groups is 2. The number of hydrogen-bond donors (Lipinski definition) is 2. The maximum atomic E-state index is 11.9. The summed E-state index contributed by atoms with van der Waals surface area (Å²) >= 11 is 7.19. The minimum atomic E-state index is -1.08. The average molecular weight is 321 g/mol. The van der Waals surface area contributed by atoms with Crippen LogP contribution in [0.25, 0.3) is 0 Å². The Kier molecular flexibility index (Phi) is 6.77. The predicted molar refractivity (Wildman–Crippen MR) is 77.2 cm³/mol. The van der Waals surface area contributed by atoms with Gasteiger partial charge in [-0.2, -0.15) is 0 Å². The second kappa shape index (κ2) is 8.08. The highest BCUT2D eigenvalue weighted by atomic mass is 35.5. The molecule has 0 bridgehead atoms. The summed E-state index contributed by atoms with van der Waals surface area (Å²) in [7, 11) is 3.07. The van der Waals surface area contributed by atoms with Crippen LogP contribution in [0, 0.1) is 0 Å². The Labute approximate surface area is 126 Å². The van der Waals surface area contributed by atoms with E-state index in [-0.39, 0.29) is 13.0 Å². The van der Waals surface area contributed by atoms with Crippen LogP contribution in [0.3, 0.4) is 0 Å². The molecule has 20 heavy (non-hydrogen) atoms. The quantitative estimate of drug-likeness (QED) is 0.805. The first kappa shape index (κ1) is 16.7. The highest BCUT2D eigenvalue weighted by molar-refractivity contribution is 7.16. The summed E-state index contributed by atoms with van der Waals surface area (Å²) in [6, 6.07) is 2.18. The van der Waals surface area contributed by atoms with Gasteiger partial charge in [0.15, 0.2) is 0 Å². The Morgan fingerprint density at radius 2 is 2.25 bits per heavy atom. The number of aliphatic carboxylic acids is 1. The minimum absolute atomic E-state index is 0.218. The van der Waals surface area contributed by atoms with Gasteiger partial charge in [-0.3, -0.25) is 0 Å². The zero-order chi connectivity index (χ0) is 15.1. The van der Waals surface area contributed by atoms with Crippen molar-refractivity contribution >= 4 is 34.9 Å². The summed E-state index contributed by atoms with van der Waals surface area (Å²) in [5, 5.41) is 11.5. The molecule has 2 amide bonds. The van der Waals surface area contributed by atoms with Crippen LogP contribution >= 0.6 is 22.9 Å². The number of halogens is 1. The van der Waals surface area contributed by atoms with E-state index in [2.05, 4.69) is 5.32 Å². The molecular weight excluding hydrogens is 304 g/mol. The lowest BCUT2D eigenvalue weighted by Gasteiger charge is -2.20. The molecule has 1 heterocycles. The lowest BCUT2D eigenvalue weighted by atomic mass is 10.2. The number of thiophene rings is 1. The van der Waals surface area contributed by atoms with Gasteiger partial charge in [-0.15, -0.1) is 11.3 Å². The van der Waals surface area contributed by atoms with E-state index in [0.29, 0.717) is 10.9 Å². The number of nitrogens with zero attached hydrogens (tertiary/aromatic N) is 1. The Morgan fingerprint density at radius 3 is 2.75 bits per heavy atom. The first-order chi connectivity index (χ1) is 9.43. The van der Waals surface area contributed by atoms with Crippen LogP contribution in [0.15, 0.2) is 12.1 Å². The maximum absolute atomic E-state index is 11.9. The van der Waals surface area contributed by atoms with Gasteiger partial charge in [0.25, 0.3) is 0 Å². The normalized spacial score (nSPS) is 11.9. The van der Waals surface area contributed by atoms with Crippen LogP contribution in [-0.4, -0.2) is 48.8 Å². The summed E-state index contributed by atoms with van der Waals surface area (Å²) in [4.78, 5) is 25.3. The van der Waals surface area contributed by atoms with E-state index in [4.69, 9.17) is 21.4 Å². The lowest BCUT2D eigenvalue weighted by molar-refractivity contribution is -0.139. The molecule has 8 heteroatoms. The van der Waals surface area contributed by atoms with Crippen molar-refractivity contribution in [1.29, 1.82) is 0 Å². The van der Waals surface area contributed by atoms with E-state index in [1.165, 1.54) is 23.3 Å². The van der Waals surface area contributed by atoms with Gasteiger partial charge in [0.2, 0.25) is 0 Å². The molecule has 0 fully saturated rings. The predicted octanol–water partition coefficient (Wildman–Crippen LogP) is 2.03. The van der Waals surface area contributed by atoms with E-state index in [1.807, 2.05) is 6.07 Å². The number of nitrogens with one attached hydrogen (secondary N) is 1. The number of ether oxygens (including phenoxy) is 1. The monoisotopic (exact) mass is 320 g/mol. The molecule has 0 aromatic carbocycles. The van der Waals surface area contributed by atoms with Gasteiger partial charge in [0, 0.05) is 32.1 Å². The molecule has 1 aromatic heterocycles. The van der Waals surface area contributed by atoms with Crippen LogP contribution in [0.1, 0.15) is 11.3 Å². The molecule has 0 aliphatic carbocycles. The summed E-state index contributed by atoms with van der Waals surface area (Å²) in [6.45, 7) is 0.640. The topological polar surface area (TPSA) is 78.9 Å². The molecule has 112 valence electrons. The largest absolute Gasteiger partial charge is 0.480 e. The molecule has 0 aliphatic heterocycles. The number of hydrogen-bond acceptors (Lipinski definition) is 4. The zero-order valence-electron chi connectivity index (χ0n) is 11.3. The molecule has 0 aliphatic rings. The number of rotatable bonds is 7. The summed E-state index contributed by atoms with van der Waals surface area (Å²) in [6.07, 6.45) is 0.218. The standard InChI is InChI=1S/C12H17ClN2O4S/c1-15(7-8-3-4-10(13)20-8)12(18)14-9(11(16)17)5-6-19-2/h3-4,9H,5-7H2,1-2H3,(H,14,18)(H,16,17). The number of amides is 2. The summed E-state index contributed by atoms with van der Waals surface area (Å²) in [5.74, 6) is -1.08. The van der Waals surface area contributed by atoms with Gasteiger partial charge < -0.3 is 20.1 Å². The molecule has 1 atom stereocenters. The van der Waals surface area contributed by atoms with Crippen molar-refractivity contribution in [2.45, 2.75) is 19.0 Å². The Balaban J connectivity index is 2.52. The molecule has 1 aromatic rings. The van der Waals surface area contributed by atoms with Gasteiger partial charge in [-0.25, -0.2) is 9.59 Å². The molecule has 1 rings (SSSR count). The minimum Gasteiger partial charge on any atom is -0.480 e. The van der Waals surface area contributed by atoms with Crippen LogP contribution in [0.4, 0.5) is 4.79 Å². The lowest BCUT2D eigenvalue weighted by Crippen LogP contribution is -2.46. The van der Waals surface area contributed by atoms with E-state index in [1.54, 1.807) is 13.1 Å². The molecule has 1 unspecified atom stereocenters. The molecule has 6 nitrogen and oxygen atoms in total. The van der Waals surface area contributed by atoms with Crippen molar-refractivity contribution in [3.05, 3.63) is 21.3 Å². The van der Waals surface area contributed by atoms with Crippen LogP contribution < -0.4 is 5.32 Å². The SMILES string of the molecule is COCCC(NC(=O)N(C)Cc1ccc(Cl)s1)C(=O)O. The molecular formula is C12H17ClN2O4S. The Morgan fingerprint density at radius 1 is 1.55 bits per heavy atom. The third kappa shape index (κ3) is 5.36. The molecule has 2 N–H and O–H groups in total. The number of carbonyl (C=O) groups excluding carboxylic acids is 1. The fourth-order valence-electron chi connectivity index (χ4n) is 1.49.